The van der Waals surface area contributed by atoms with Gasteiger partial charge in [-0.2, -0.15) is 0 Å². The van der Waals surface area contributed by atoms with Crippen LogP contribution in [0.4, 0.5) is 0 Å². The fourth-order valence-electron chi connectivity index (χ4n) is 0.593. The summed E-state index contributed by atoms with van der Waals surface area (Å²) < 4.78 is 3.45. The van der Waals surface area contributed by atoms with E-state index in [2.05, 4.69) is 9.69 Å². The van der Waals surface area contributed by atoms with Gasteiger partial charge in [0.15, 0.2) is 9.68 Å². The third kappa shape index (κ3) is 1.93. The van der Waals surface area contributed by atoms with Gasteiger partial charge in [0.1, 0.15) is 0 Å². The monoisotopic (exact) mass is 147 g/mol. The van der Waals surface area contributed by atoms with Gasteiger partial charge in [0, 0.05) is 0 Å². The summed E-state index contributed by atoms with van der Waals surface area (Å²) in [6.07, 6.45) is 0. The Morgan fingerprint density at radius 2 is 2.00 bits per heavy atom. The van der Waals surface area contributed by atoms with Gasteiger partial charge in [-0.3, -0.25) is 0 Å². The Morgan fingerprint density at radius 1 is 1.30 bits per heavy atom. The van der Waals surface area contributed by atoms with Gasteiger partial charge < -0.3 is 0 Å². The molecule has 1 aromatic carbocycles. The topological polar surface area (TPSA) is 48.8 Å². The summed E-state index contributed by atoms with van der Waals surface area (Å²) in [5.74, 6) is 0. The Kier molecular flexibility index (Phi) is 2.55. The lowest BCUT2D eigenvalue weighted by atomic mass is 10.4. The molecule has 0 N–H and O–H groups in total. The van der Waals surface area contributed by atoms with Gasteiger partial charge in [-0.25, -0.2) is 0 Å². The van der Waals surface area contributed by atoms with E-state index in [-0.39, 0.29) is 9.68 Å². The van der Waals surface area contributed by atoms with Crippen LogP contribution in [0.5, 0.6) is 0 Å². The van der Waals surface area contributed by atoms with Gasteiger partial charge in [0.2, 0.25) is 0 Å². The number of hydrogen-bond acceptors (Lipinski definition) is 1. The first-order valence-corrected chi connectivity index (χ1v) is 3.73. The second-order valence-electron chi connectivity index (χ2n) is 1.67. The molecule has 10 heavy (non-hydrogen) atoms. The second-order valence-corrected chi connectivity index (χ2v) is 2.67. The van der Waals surface area contributed by atoms with E-state index in [0.29, 0.717) is 0 Å². The van der Waals surface area contributed by atoms with E-state index in [9.17, 15) is 0 Å². The molecule has 48 valence electrons. The molecular weight excluding hydrogens is 142 g/mol. The predicted octanol–water partition coefficient (Wildman–Crippen LogP) is 1.24. The predicted molar refractivity (Wildman–Crippen MR) is 41.0 cm³/mol. The molecule has 0 aliphatic carbocycles. The maximum absolute atomic E-state index is 7.99. The van der Waals surface area contributed by atoms with E-state index in [1.807, 2.05) is 30.3 Å². The fraction of sp³-hybridized carbons (Fsp3) is 0. The zero-order valence-corrected chi connectivity index (χ0v) is 6.23. The van der Waals surface area contributed by atoms with Crippen molar-refractivity contribution in [2.75, 3.05) is 0 Å². The molecule has 0 amide bonds. The van der Waals surface area contributed by atoms with Crippen molar-refractivity contribution in [1.82, 2.24) is 0 Å². The molecule has 1 rings (SSSR count). The van der Waals surface area contributed by atoms with Crippen molar-refractivity contribution in [2.24, 2.45) is 4.78 Å². The van der Waals surface area contributed by atoms with Crippen LogP contribution in [0.2, 0.25) is 0 Å². The molecule has 0 heterocycles. The summed E-state index contributed by atoms with van der Waals surface area (Å²) in [6.45, 7) is 0. The number of benzene rings is 1. The normalized spacial score (nSPS) is 8.40. The third-order valence-corrected chi connectivity index (χ3v) is 1.78. The van der Waals surface area contributed by atoms with Crippen LogP contribution in [0.3, 0.4) is 0 Å². The van der Waals surface area contributed by atoms with Crippen molar-refractivity contribution in [2.45, 2.75) is 0 Å². The Labute approximate surface area is 61.2 Å². The molecule has 0 saturated heterocycles. The maximum atomic E-state index is 7.99. The first-order chi connectivity index (χ1) is 4.93. The summed E-state index contributed by atoms with van der Waals surface area (Å²) in [5, 5.41) is 1.07. The van der Waals surface area contributed by atoms with Crippen molar-refractivity contribution in [1.29, 1.82) is 0 Å². The first kappa shape index (κ1) is 6.86. The minimum atomic E-state index is 0.213. The minimum absolute atomic E-state index is 0.213. The van der Waals surface area contributed by atoms with Gasteiger partial charge in [0.25, 0.3) is 0 Å². The zero-order valence-electron chi connectivity index (χ0n) is 5.23. The van der Waals surface area contributed by atoms with Crippen molar-refractivity contribution in [3.8, 4) is 0 Å². The van der Waals surface area contributed by atoms with Crippen molar-refractivity contribution in [3.63, 3.8) is 0 Å². The largest absolute Gasteiger partial charge is 0.191 e. The molecule has 2 radical (unpaired) electrons. The highest BCUT2D eigenvalue weighted by Crippen LogP contribution is 1.80. The number of nitrogens with zero attached hydrogens (tertiary/aromatic N) is 3. The lowest BCUT2D eigenvalue weighted by Gasteiger charge is -1.88. The highest BCUT2D eigenvalue weighted by Gasteiger charge is 1.86. The van der Waals surface area contributed by atoms with Gasteiger partial charge >= 0.3 is 0 Å². The summed E-state index contributed by atoms with van der Waals surface area (Å²) in [6, 6.07) is 9.66. The summed E-state index contributed by atoms with van der Waals surface area (Å²) in [5.41, 5.74) is 7.99. The molecule has 3 nitrogen and oxygen atoms in total. The van der Waals surface area contributed by atoms with Gasteiger partial charge in [-0.1, -0.05) is 35.5 Å². The van der Waals surface area contributed by atoms with Crippen molar-refractivity contribution >= 4 is 14.9 Å². The van der Waals surface area contributed by atoms with Gasteiger partial charge in [0.05, 0.1) is 0 Å². The molecule has 0 unspecified atom stereocenters. The molecule has 0 saturated carbocycles. The van der Waals surface area contributed by atoms with Crippen LogP contribution in [0.1, 0.15) is 0 Å². The van der Waals surface area contributed by atoms with E-state index in [4.69, 9.17) is 5.53 Å². The highest BCUT2D eigenvalue weighted by molar-refractivity contribution is 6.51. The Morgan fingerprint density at radius 3 is 2.60 bits per heavy atom. The van der Waals surface area contributed by atoms with E-state index in [1.54, 1.807) is 0 Å². The molecule has 4 heteroatoms. The van der Waals surface area contributed by atoms with Crippen LogP contribution in [0.25, 0.3) is 10.4 Å². The lowest BCUT2D eigenvalue weighted by Crippen LogP contribution is -2.09. The van der Waals surface area contributed by atoms with Gasteiger partial charge in [-0.15, -0.1) is 4.78 Å². The summed E-state index contributed by atoms with van der Waals surface area (Å²) >= 11 is 0. The minimum Gasteiger partial charge on any atom is -0.123 e. The van der Waals surface area contributed by atoms with Crippen LogP contribution in [-0.2, 0) is 0 Å². The standard InChI is InChI=1S/C6H5N3Si/c7-8-9-10-6-4-2-1-3-5-6/h1-5H. The summed E-state index contributed by atoms with van der Waals surface area (Å²) in [4.78, 5) is 2.67. The molecule has 0 aliphatic rings. The first-order valence-electron chi connectivity index (χ1n) is 2.78. The van der Waals surface area contributed by atoms with Crippen LogP contribution < -0.4 is 5.19 Å². The van der Waals surface area contributed by atoms with Crippen LogP contribution in [-0.4, -0.2) is 9.68 Å². The highest BCUT2D eigenvalue weighted by atomic mass is 28.2. The average molecular weight is 147 g/mol. The van der Waals surface area contributed by atoms with E-state index in [0.717, 1.165) is 5.19 Å². The Hall–Kier alpha value is -1.25. The second kappa shape index (κ2) is 3.71. The maximum Gasteiger partial charge on any atom is 0.191 e. The van der Waals surface area contributed by atoms with Crippen molar-refractivity contribution < 1.29 is 0 Å². The Bertz CT molecular complexity index is 240. The van der Waals surface area contributed by atoms with E-state index in [1.165, 1.54) is 0 Å². The molecule has 0 fully saturated rings. The Balaban J connectivity index is 2.67. The molecule has 0 aromatic heterocycles. The van der Waals surface area contributed by atoms with Crippen LogP contribution >= 0.6 is 0 Å². The van der Waals surface area contributed by atoms with E-state index >= 15 is 0 Å². The molecule has 1 aromatic rings. The summed E-state index contributed by atoms with van der Waals surface area (Å²) in [7, 11) is 0.213. The zero-order chi connectivity index (χ0) is 7.23. The van der Waals surface area contributed by atoms with E-state index < -0.39 is 0 Å². The van der Waals surface area contributed by atoms with Crippen molar-refractivity contribution in [3.05, 3.63) is 40.8 Å². The van der Waals surface area contributed by atoms with Crippen LogP contribution in [0, 0.1) is 0 Å². The quantitative estimate of drug-likeness (QED) is 0.261. The molecule has 0 atom stereocenters. The number of rotatable bonds is 2. The molecular formula is C6H5N3Si. The SMILES string of the molecule is [N-]=[N+]=N[Si]c1ccccc1. The smallest absolute Gasteiger partial charge is 0.123 e. The fourth-order valence-corrected chi connectivity index (χ4v) is 1.09. The van der Waals surface area contributed by atoms with Gasteiger partial charge in [-0.05, 0) is 10.4 Å². The number of azide groups is 1. The molecule has 0 aliphatic heterocycles. The third-order valence-electron chi connectivity index (χ3n) is 0.998. The molecule has 0 bridgehead atoms. The average Bonchev–Trinajstić information content (AvgIpc) is 2.03. The number of hydrogen-bond donors (Lipinski definition) is 0. The van der Waals surface area contributed by atoms with Crippen LogP contribution in [0.15, 0.2) is 35.1 Å². The molecule has 0 spiro atoms. The lowest BCUT2D eigenvalue weighted by molar-refractivity contribution is 1.70.